The van der Waals surface area contributed by atoms with E-state index in [-0.39, 0.29) is 15.8 Å². The van der Waals surface area contributed by atoms with Crippen molar-refractivity contribution in [1.29, 1.82) is 0 Å². The summed E-state index contributed by atoms with van der Waals surface area (Å²) in [7, 11) is 0. The molecule has 0 nitrogen and oxygen atoms in total. The molecule has 0 heterocycles. The Bertz CT molecular complexity index is 215. The van der Waals surface area contributed by atoms with Crippen molar-refractivity contribution >= 4 is 20.1 Å². The van der Waals surface area contributed by atoms with Crippen LogP contribution in [0.1, 0.15) is 0 Å². The second-order valence-electron chi connectivity index (χ2n) is 1.91. The molecule has 0 amide bonds. The molecule has 0 saturated carbocycles. The van der Waals surface area contributed by atoms with E-state index in [9.17, 15) is 8.78 Å². The van der Waals surface area contributed by atoms with Crippen molar-refractivity contribution in [1.82, 2.24) is 0 Å². The minimum absolute atomic E-state index is 0.322. The zero-order chi connectivity index (χ0) is 7.56. The second-order valence-corrected chi connectivity index (χ2v) is 4.17. The molecule has 1 aromatic rings. The third-order valence-corrected chi connectivity index (χ3v) is 2.97. The average Bonchev–Trinajstić information content (AvgIpc) is 1.85. The zero-order valence-corrected chi connectivity index (χ0v) is 7.59. The molecule has 0 bridgehead atoms. The molecule has 3 heteroatoms. The number of rotatable bonds is 1. The number of benzene rings is 1. The van der Waals surface area contributed by atoms with Gasteiger partial charge in [-0.25, -0.2) is 0 Å². The molecule has 0 aliphatic rings. The minimum atomic E-state index is -0.472. The predicted octanol–water partition coefficient (Wildman–Crippen LogP) is 1.07. The second kappa shape index (κ2) is 3.16. The van der Waals surface area contributed by atoms with Crippen LogP contribution in [0.25, 0.3) is 0 Å². The van der Waals surface area contributed by atoms with Gasteiger partial charge < -0.3 is 0 Å². The summed E-state index contributed by atoms with van der Waals surface area (Å²) in [6, 6.07) is 3.68. The van der Waals surface area contributed by atoms with Crippen LogP contribution < -0.4 is 4.35 Å². The molecule has 0 aromatic heterocycles. The van der Waals surface area contributed by atoms with Gasteiger partial charge in [0.2, 0.25) is 0 Å². The van der Waals surface area contributed by atoms with Gasteiger partial charge in [-0.05, 0) is 0 Å². The molecule has 0 spiro atoms. The van der Waals surface area contributed by atoms with Crippen LogP contribution in [-0.2, 0) is 0 Å². The molecule has 1 aromatic carbocycles. The van der Waals surface area contributed by atoms with Gasteiger partial charge in [0, 0.05) is 0 Å². The fourth-order valence-electron chi connectivity index (χ4n) is 0.698. The van der Waals surface area contributed by atoms with E-state index in [1.54, 1.807) is 0 Å². The Labute approximate surface area is 64.9 Å². The number of hydrogen-bond donors (Lipinski definition) is 0. The van der Waals surface area contributed by atoms with E-state index >= 15 is 0 Å². The molecule has 0 saturated heterocycles. The molecule has 0 fully saturated rings. The van der Waals surface area contributed by atoms with Crippen LogP contribution in [0.2, 0.25) is 5.71 Å². The van der Waals surface area contributed by atoms with Crippen molar-refractivity contribution < 1.29 is 8.78 Å². The van der Waals surface area contributed by atoms with E-state index < -0.39 is 11.6 Å². The van der Waals surface area contributed by atoms with Gasteiger partial charge in [0.25, 0.3) is 0 Å². The average molecular weight is 204 g/mol. The van der Waals surface area contributed by atoms with E-state index in [0.29, 0.717) is 0 Å². The molecule has 0 N–H and O–H groups in total. The van der Waals surface area contributed by atoms with Crippen LogP contribution >= 0.6 is 0 Å². The van der Waals surface area contributed by atoms with Crippen LogP contribution in [0.3, 0.4) is 0 Å². The summed E-state index contributed by atoms with van der Waals surface area (Å²) in [4.78, 5) is 0. The molecule has 1 unspecified atom stereocenters. The standard InChI is InChI=1S/C7H7AsF2/c1-8-5-2-6(9)4-7(10)3-5/h2-4,8H,1H3. The van der Waals surface area contributed by atoms with Crippen molar-refractivity contribution in [3.8, 4) is 0 Å². The van der Waals surface area contributed by atoms with Crippen molar-refractivity contribution in [2.24, 2.45) is 0 Å². The molecule has 0 aliphatic heterocycles. The molecular formula is C7H7AsF2. The molecule has 54 valence electrons. The van der Waals surface area contributed by atoms with Gasteiger partial charge in [0.1, 0.15) is 0 Å². The Balaban J connectivity index is 3.06. The Kier molecular flexibility index (Phi) is 2.44. The molecule has 1 rings (SSSR count). The first-order valence-corrected chi connectivity index (χ1v) is 6.01. The maximum atomic E-state index is 12.4. The van der Waals surface area contributed by atoms with Gasteiger partial charge in [-0.3, -0.25) is 0 Å². The van der Waals surface area contributed by atoms with Gasteiger partial charge in [0.05, 0.1) is 0 Å². The third kappa shape index (κ3) is 1.81. The summed E-state index contributed by atoms with van der Waals surface area (Å²) >= 11 is -0.322. The zero-order valence-electron chi connectivity index (χ0n) is 5.49. The van der Waals surface area contributed by atoms with Crippen LogP contribution in [0, 0.1) is 11.6 Å². The van der Waals surface area contributed by atoms with E-state index in [2.05, 4.69) is 0 Å². The summed E-state index contributed by atoms with van der Waals surface area (Å²) in [5.74, 6) is -0.943. The first kappa shape index (κ1) is 7.74. The van der Waals surface area contributed by atoms with Crippen LogP contribution in [0.5, 0.6) is 0 Å². The summed E-state index contributed by atoms with van der Waals surface area (Å²) in [5.41, 5.74) is 1.98. The number of halogens is 2. The third-order valence-electron chi connectivity index (χ3n) is 1.15. The summed E-state index contributed by atoms with van der Waals surface area (Å²) in [5, 5.41) is 0. The van der Waals surface area contributed by atoms with Crippen molar-refractivity contribution in [3.05, 3.63) is 29.8 Å². The normalized spacial score (nSPS) is 11.1. The van der Waals surface area contributed by atoms with Crippen LogP contribution in [-0.4, -0.2) is 15.8 Å². The van der Waals surface area contributed by atoms with Gasteiger partial charge in [-0.15, -0.1) is 0 Å². The van der Waals surface area contributed by atoms with Gasteiger partial charge in [0.15, 0.2) is 0 Å². The van der Waals surface area contributed by atoms with Crippen molar-refractivity contribution in [3.63, 3.8) is 0 Å². The van der Waals surface area contributed by atoms with Crippen molar-refractivity contribution in [2.75, 3.05) is 0 Å². The van der Waals surface area contributed by atoms with Gasteiger partial charge in [-0.2, -0.15) is 0 Å². The monoisotopic (exact) mass is 204 g/mol. The fourth-order valence-corrected chi connectivity index (χ4v) is 1.88. The Hall–Kier alpha value is -0.362. The van der Waals surface area contributed by atoms with E-state index in [4.69, 9.17) is 0 Å². The Morgan fingerprint density at radius 1 is 1.10 bits per heavy atom. The molecule has 10 heavy (non-hydrogen) atoms. The van der Waals surface area contributed by atoms with Gasteiger partial charge >= 0.3 is 64.4 Å². The van der Waals surface area contributed by atoms with Crippen LogP contribution in [0.4, 0.5) is 8.78 Å². The maximum absolute atomic E-state index is 12.4. The molecule has 1 atom stereocenters. The quantitative estimate of drug-likeness (QED) is 0.600. The SMILES string of the molecule is C[AsH]c1cc(F)cc(F)c1. The van der Waals surface area contributed by atoms with E-state index in [1.165, 1.54) is 12.1 Å². The topological polar surface area (TPSA) is 0 Å². The predicted molar refractivity (Wildman–Crippen MR) is 39.0 cm³/mol. The first-order chi connectivity index (χ1) is 4.72. The molecule has 0 radical (unpaired) electrons. The Morgan fingerprint density at radius 2 is 1.60 bits per heavy atom. The van der Waals surface area contributed by atoms with Crippen molar-refractivity contribution in [2.45, 2.75) is 5.71 Å². The van der Waals surface area contributed by atoms with Crippen LogP contribution in [0.15, 0.2) is 18.2 Å². The van der Waals surface area contributed by atoms with E-state index in [0.717, 1.165) is 10.4 Å². The Morgan fingerprint density at radius 3 is 2.00 bits per heavy atom. The number of hydrogen-bond acceptors (Lipinski definition) is 0. The fraction of sp³-hybridized carbons (Fsp3) is 0.143. The molecular weight excluding hydrogens is 197 g/mol. The summed E-state index contributed by atoms with van der Waals surface area (Å²) in [6.07, 6.45) is 0. The van der Waals surface area contributed by atoms with E-state index in [1.807, 2.05) is 5.71 Å². The summed E-state index contributed by atoms with van der Waals surface area (Å²) in [6.45, 7) is 0. The first-order valence-electron chi connectivity index (χ1n) is 2.86. The molecule has 0 aliphatic carbocycles. The van der Waals surface area contributed by atoms with Gasteiger partial charge in [-0.1, -0.05) is 0 Å². The summed E-state index contributed by atoms with van der Waals surface area (Å²) < 4.78 is 25.6.